The second kappa shape index (κ2) is 7.55. The lowest BCUT2D eigenvalue weighted by Crippen LogP contribution is -2.38. The predicted octanol–water partition coefficient (Wildman–Crippen LogP) is 2.90. The lowest BCUT2D eigenvalue weighted by molar-refractivity contribution is 0.0273. The van der Waals surface area contributed by atoms with Gasteiger partial charge in [0.2, 0.25) is 11.7 Å². The van der Waals surface area contributed by atoms with Crippen molar-refractivity contribution in [2.75, 3.05) is 6.54 Å². The summed E-state index contributed by atoms with van der Waals surface area (Å²) in [5, 5.41) is 14.2. The van der Waals surface area contributed by atoms with Gasteiger partial charge in [-0.3, -0.25) is 9.88 Å². The molecule has 2 aromatic heterocycles. The van der Waals surface area contributed by atoms with Gasteiger partial charge >= 0.3 is 0 Å². The molecule has 1 aromatic carbocycles. The van der Waals surface area contributed by atoms with Crippen molar-refractivity contribution >= 4 is 0 Å². The van der Waals surface area contributed by atoms with Crippen LogP contribution in [0.15, 0.2) is 59.4 Å². The summed E-state index contributed by atoms with van der Waals surface area (Å²) in [5.74, 6) is 1.03. The molecule has 0 aliphatic carbocycles. The Morgan fingerprint density at radius 2 is 1.88 bits per heavy atom. The highest BCUT2D eigenvalue weighted by molar-refractivity contribution is 5.51. The zero-order valence-electron chi connectivity index (χ0n) is 14.5. The molecule has 25 heavy (non-hydrogen) atoms. The molecule has 0 radical (unpaired) electrons. The Morgan fingerprint density at radius 1 is 1.08 bits per heavy atom. The standard InChI is InChI=1S/C19H22N4O2/c1-19(2,24)14-23(12-15-7-4-3-5-8-15)13-17-21-18(22-25-17)16-9-6-10-20-11-16/h3-11,24H,12-14H2,1-2H3. The van der Waals surface area contributed by atoms with Crippen molar-refractivity contribution in [3.8, 4) is 11.4 Å². The highest BCUT2D eigenvalue weighted by Gasteiger charge is 2.21. The molecule has 3 rings (SSSR count). The first-order valence-electron chi connectivity index (χ1n) is 8.21. The van der Waals surface area contributed by atoms with Gasteiger partial charge in [0.25, 0.3) is 0 Å². The van der Waals surface area contributed by atoms with E-state index in [2.05, 4.69) is 32.2 Å². The minimum absolute atomic E-state index is 0.464. The van der Waals surface area contributed by atoms with Gasteiger partial charge in [-0.1, -0.05) is 35.5 Å². The highest BCUT2D eigenvalue weighted by Crippen LogP contribution is 2.17. The molecular formula is C19H22N4O2. The molecule has 0 fully saturated rings. The van der Waals surface area contributed by atoms with Gasteiger partial charge in [-0.25, -0.2) is 0 Å². The fourth-order valence-electron chi connectivity index (χ4n) is 2.68. The van der Waals surface area contributed by atoms with Crippen molar-refractivity contribution in [3.05, 3.63) is 66.3 Å². The zero-order valence-corrected chi connectivity index (χ0v) is 14.5. The lowest BCUT2D eigenvalue weighted by atomic mass is 10.1. The van der Waals surface area contributed by atoms with Gasteiger partial charge in [0.05, 0.1) is 12.1 Å². The van der Waals surface area contributed by atoms with Gasteiger partial charge in [-0.15, -0.1) is 0 Å². The number of aromatic nitrogens is 3. The molecule has 0 unspecified atom stereocenters. The second-order valence-electron chi connectivity index (χ2n) is 6.70. The maximum absolute atomic E-state index is 10.2. The molecule has 130 valence electrons. The number of rotatable bonds is 7. The molecule has 2 heterocycles. The van der Waals surface area contributed by atoms with Crippen LogP contribution in [0.4, 0.5) is 0 Å². The summed E-state index contributed by atoms with van der Waals surface area (Å²) in [6, 6.07) is 13.8. The molecule has 0 saturated carbocycles. The van der Waals surface area contributed by atoms with Crippen LogP contribution in [0.25, 0.3) is 11.4 Å². The quantitative estimate of drug-likeness (QED) is 0.714. The van der Waals surface area contributed by atoms with E-state index in [0.29, 0.717) is 31.3 Å². The summed E-state index contributed by atoms with van der Waals surface area (Å²) >= 11 is 0. The zero-order chi connectivity index (χ0) is 17.7. The third kappa shape index (κ3) is 5.20. The molecule has 1 N–H and O–H groups in total. The Kier molecular flexibility index (Phi) is 5.21. The summed E-state index contributed by atoms with van der Waals surface area (Å²) < 4.78 is 5.39. The van der Waals surface area contributed by atoms with E-state index in [1.54, 1.807) is 26.2 Å². The second-order valence-corrected chi connectivity index (χ2v) is 6.70. The first-order valence-corrected chi connectivity index (χ1v) is 8.21. The van der Waals surface area contributed by atoms with Gasteiger partial charge < -0.3 is 9.63 Å². The van der Waals surface area contributed by atoms with E-state index in [0.717, 1.165) is 5.56 Å². The Morgan fingerprint density at radius 3 is 2.56 bits per heavy atom. The van der Waals surface area contributed by atoms with Crippen LogP contribution in [0.3, 0.4) is 0 Å². The molecule has 3 aromatic rings. The largest absolute Gasteiger partial charge is 0.389 e. The predicted molar refractivity (Wildman–Crippen MR) is 94.4 cm³/mol. The summed E-state index contributed by atoms with van der Waals surface area (Å²) in [7, 11) is 0. The molecule has 0 bridgehead atoms. The number of hydrogen-bond acceptors (Lipinski definition) is 6. The van der Waals surface area contributed by atoms with Crippen molar-refractivity contribution in [2.45, 2.75) is 32.5 Å². The molecule has 0 aliphatic rings. The van der Waals surface area contributed by atoms with Crippen LogP contribution >= 0.6 is 0 Å². The van der Waals surface area contributed by atoms with Crippen LogP contribution in [-0.2, 0) is 13.1 Å². The monoisotopic (exact) mass is 338 g/mol. The molecular weight excluding hydrogens is 316 g/mol. The molecule has 0 aliphatic heterocycles. The average Bonchev–Trinajstić information content (AvgIpc) is 3.03. The summed E-state index contributed by atoms with van der Waals surface area (Å²) in [5.41, 5.74) is 1.16. The maximum Gasteiger partial charge on any atom is 0.241 e. The molecule has 6 nitrogen and oxygen atoms in total. The van der Waals surface area contributed by atoms with Gasteiger partial charge in [0, 0.05) is 31.0 Å². The normalized spacial score (nSPS) is 11.8. The smallest absolute Gasteiger partial charge is 0.241 e. The fraction of sp³-hybridized carbons (Fsp3) is 0.316. The molecule has 0 saturated heterocycles. The van der Waals surface area contributed by atoms with Crippen molar-refractivity contribution in [3.63, 3.8) is 0 Å². The van der Waals surface area contributed by atoms with E-state index in [1.165, 1.54) is 5.56 Å². The number of aliphatic hydroxyl groups is 1. The van der Waals surface area contributed by atoms with Crippen molar-refractivity contribution < 1.29 is 9.63 Å². The maximum atomic E-state index is 10.2. The summed E-state index contributed by atoms with van der Waals surface area (Å²) in [6.45, 7) is 5.23. The van der Waals surface area contributed by atoms with E-state index >= 15 is 0 Å². The van der Waals surface area contributed by atoms with Crippen molar-refractivity contribution in [1.29, 1.82) is 0 Å². The van der Waals surface area contributed by atoms with Crippen LogP contribution < -0.4 is 0 Å². The Bertz CT molecular complexity index is 782. The summed E-state index contributed by atoms with van der Waals surface area (Å²) in [4.78, 5) is 10.6. The van der Waals surface area contributed by atoms with Crippen molar-refractivity contribution in [1.82, 2.24) is 20.0 Å². The first-order chi connectivity index (χ1) is 12.0. The van der Waals surface area contributed by atoms with E-state index in [-0.39, 0.29) is 0 Å². The van der Waals surface area contributed by atoms with Crippen LogP contribution in [0.1, 0.15) is 25.3 Å². The highest BCUT2D eigenvalue weighted by atomic mass is 16.5. The van der Waals surface area contributed by atoms with E-state index in [9.17, 15) is 5.11 Å². The number of hydrogen-bond donors (Lipinski definition) is 1. The van der Waals surface area contributed by atoms with Gasteiger partial charge in [-0.05, 0) is 31.5 Å². The Hall–Kier alpha value is -2.57. The number of pyridine rings is 1. The van der Waals surface area contributed by atoms with E-state index < -0.39 is 5.60 Å². The van der Waals surface area contributed by atoms with Crippen LogP contribution in [0, 0.1) is 0 Å². The minimum Gasteiger partial charge on any atom is -0.389 e. The van der Waals surface area contributed by atoms with Crippen molar-refractivity contribution in [2.24, 2.45) is 0 Å². The molecule has 0 atom stereocenters. The van der Waals surface area contributed by atoms with E-state index in [1.807, 2.05) is 30.3 Å². The molecule has 0 amide bonds. The van der Waals surface area contributed by atoms with Gasteiger partial charge in [0.1, 0.15) is 0 Å². The molecule has 6 heteroatoms. The van der Waals surface area contributed by atoms with Crippen LogP contribution in [0.2, 0.25) is 0 Å². The van der Waals surface area contributed by atoms with E-state index in [4.69, 9.17) is 4.52 Å². The lowest BCUT2D eigenvalue weighted by Gasteiger charge is -2.27. The third-order valence-corrected chi connectivity index (χ3v) is 3.61. The fourth-order valence-corrected chi connectivity index (χ4v) is 2.68. The van der Waals surface area contributed by atoms with Gasteiger partial charge in [-0.2, -0.15) is 4.98 Å². The third-order valence-electron chi connectivity index (χ3n) is 3.61. The Balaban J connectivity index is 1.74. The van der Waals surface area contributed by atoms with Crippen LogP contribution in [-0.4, -0.2) is 37.3 Å². The number of benzene rings is 1. The van der Waals surface area contributed by atoms with Gasteiger partial charge in [0.15, 0.2) is 0 Å². The van der Waals surface area contributed by atoms with Crippen LogP contribution in [0.5, 0.6) is 0 Å². The minimum atomic E-state index is -0.818. The Labute approximate surface area is 147 Å². The average molecular weight is 338 g/mol. The SMILES string of the molecule is CC(C)(O)CN(Cc1ccccc1)Cc1nc(-c2cccnc2)no1. The molecule has 0 spiro atoms. The number of nitrogens with zero attached hydrogens (tertiary/aromatic N) is 4. The summed E-state index contributed by atoms with van der Waals surface area (Å²) in [6.07, 6.45) is 3.41. The first kappa shape index (κ1) is 17.3. The topological polar surface area (TPSA) is 75.3 Å².